The van der Waals surface area contributed by atoms with Crippen molar-refractivity contribution in [1.82, 2.24) is 4.98 Å². The molecule has 1 N–H and O–H groups in total. The molecular weight excluding hydrogens is 184 g/mol. The Morgan fingerprint density at radius 2 is 2.31 bits per heavy atom. The monoisotopic (exact) mass is 196 g/mol. The second-order valence-electron chi connectivity index (χ2n) is 3.64. The fraction of sp³-hybridized carbons (Fsp3) is 0.500. The molecule has 1 aliphatic carbocycles. The van der Waals surface area contributed by atoms with Crippen molar-refractivity contribution in [2.45, 2.75) is 25.8 Å². The Morgan fingerprint density at radius 1 is 1.54 bits per heavy atom. The molecule has 0 bridgehead atoms. The normalized spacial score (nSPS) is 18.3. The van der Waals surface area contributed by atoms with Crippen LogP contribution in [0.15, 0.2) is 18.3 Å². The second-order valence-corrected chi connectivity index (χ2v) is 4.03. The molecule has 0 amide bonds. The van der Waals surface area contributed by atoms with Crippen molar-refractivity contribution >= 4 is 17.3 Å². The highest BCUT2D eigenvalue weighted by atomic mass is 35.5. The van der Waals surface area contributed by atoms with Gasteiger partial charge in [-0.25, -0.2) is 4.98 Å². The van der Waals surface area contributed by atoms with E-state index in [1.54, 1.807) is 6.20 Å². The quantitative estimate of drug-likeness (QED) is 0.752. The first-order valence-electron chi connectivity index (χ1n) is 4.64. The summed E-state index contributed by atoms with van der Waals surface area (Å²) in [6.45, 7) is 2.21. The zero-order chi connectivity index (χ0) is 9.26. The average Bonchev–Trinajstić information content (AvgIpc) is 2.91. The maximum absolute atomic E-state index is 5.68. The summed E-state index contributed by atoms with van der Waals surface area (Å²) in [5, 5.41) is 3.96. The van der Waals surface area contributed by atoms with Crippen LogP contribution in [-0.2, 0) is 0 Å². The van der Waals surface area contributed by atoms with Crippen LogP contribution in [0.25, 0.3) is 0 Å². The van der Waals surface area contributed by atoms with Gasteiger partial charge in [-0.1, -0.05) is 11.6 Å². The summed E-state index contributed by atoms with van der Waals surface area (Å²) in [6, 6.07) is 4.33. The smallest absolute Gasteiger partial charge is 0.129 e. The van der Waals surface area contributed by atoms with Gasteiger partial charge in [0.1, 0.15) is 5.15 Å². The molecule has 2 nitrogen and oxygen atoms in total. The van der Waals surface area contributed by atoms with Crippen LogP contribution in [-0.4, -0.2) is 11.0 Å². The van der Waals surface area contributed by atoms with Crippen LogP contribution < -0.4 is 5.32 Å². The molecule has 0 saturated heterocycles. The zero-order valence-corrected chi connectivity index (χ0v) is 8.38. The summed E-state index contributed by atoms with van der Waals surface area (Å²) in [6.07, 6.45) is 4.49. The summed E-state index contributed by atoms with van der Waals surface area (Å²) < 4.78 is 0. The predicted octanol–water partition coefficient (Wildman–Crippen LogP) is 2.95. The molecule has 1 aromatic heterocycles. The number of halogens is 1. The fourth-order valence-electron chi connectivity index (χ4n) is 1.44. The van der Waals surface area contributed by atoms with E-state index in [1.807, 2.05) is 12.1 Å². The molecule has 13 heavy (non-hydrogen) atoms. The van der Waals surface area contributed by atoms with Crippen LogP contribution in [0, 0.1) is 5.92 Å². The molecule has 1 saturated carbocycles. The number of pyridine rings is 1. The van der Waals surface area contributed by atoms with Crippen LogP contribution in [0.5, 0.6) is 0 Å². The van der Waals surface area contributed by atoms with Crippen molar-refractivity contribution in [3.8, 4) is 0 Å². The summed E-state index contributed by atoms with van der Waals surface area (Å²) in [5.41, 5.74) is 1.06. The number of rotatable bonds is 3. The predicted molar refractivity (Wildman–Crippen MR) is 55.1 cm³/mol. The summed E-state index contributed by atoms with van der Waals surface area (Å²) in [5.74, 6) is 0.857. The number of hydrogen-bond acceptors (Lipinski definition) is 2. The lowest BCUT2D eigenvalue weighted by Gasteiger charge is -2.13. The molecule has 0 radical (unpaired) electrons. The number of nitrogens with one attached hydrogen (secondary N) is 1. The molecule has 1 atom stereocenters. The highest BCUT2D eigenvalue weighted by Crippen LogP contribution is 2.33. The summed E-state index contributed by atoms with van der Waals surface area (Å²) in [7, 11) is 0. The minimum absolute atomic E-state index is 0.546. The van der Waals surface area contributed by atoms with Crippen molar-refractivity contribution < 1.29 is 0 Å². The van der Waals surface area contributed by atoms with Crippen LogP contribution in [0.4, 0.5) is 5.69 Å². The number of hydrogen-bond donors (Lipinski definition) is 1. The van der Waals surface area contributed by atoms with Crippen LogP contribution in [0.3, 0.4) is 0 Å². The molecule has 1 unspecified atom stereocenters. The Labute approximate surface area is 83.3 Å². The Hall–Kier alpha value is -0.760. The molecule has 70 valence electrons. The molecule has 1 aliphatic rings. The van der Waals surface area contributed by atoms with Crippen LogP contribution >= 0.6 is 11.6 Å². The van der Waals surface area contributed by atoms with Crippen molar-refractivity contribution in [3.05, 3.63) is 23.5 Å². The minimum atomic E-state index is 0.546. The van der Waals surface area contributed by atoms with Gasteiger partial charge in [0.05, 0.1) is 11.9 Å². The van der Waals surface area contributed by atoms with E-state index in [0.29, 0.717) is 11.2 Å². The lowest BCUT2D eigenvalue weighted by atomic mass is 10.2. The SMILES string of the molecule is CC(Nc1ccc(Cl)nc1)C1CC1. The third kappa shape index (κ3) is 2.34. The number of anilines is 1. The van der Waals surface area contributed by atoms with Crippen molar-refractivity contribution in [2.75, 3.05) is 5.32 Å². The summed E-state index contributed by atoms with van der Waals surface area (Å²) in [4.78, 5) is 4.01. The van der Waals surface area contributed by atoms with E-state index < -0.39 is 0 Å². The highest BCUT2D eigenvalue weighted by molar-refractivity contribution is 6.29. The minimum Gasteiger partial charge on any atom is -0.381 e. The molecule has 3 heteroatoms. The Morgan fingerprint density at radius 3 is 2.85 bits per heavy atom. The van der Waals surface area contributed by atoms with E-state index in [0.717, 1.165) is 11.6 Å². The topological polar surface area (TPSA) is 24.9 Å². The molecule has 2 rings (SSSR count). The van der Waals surface area contributed by atoms with E-state index in [2.05, 4.69) is 17.2 Å². The van der Waals surface area contributed by atoms with Gasteiger partial charge < -0.3 is 5.32 Å². The third-order valence-corrected chi connectivity index (χ3v) is 2.67. The maximum Gasteiger partial charge on any atom is 0.129 e. The van der Waals surface area contributed by atoms with Gasteiger partial charge in [-0.3, -0.25) is 0 Å². The Bertz CT molecular complexity index is 279. The van der Waals surface area contributed by atoms with Crippen molar-refractivity contribution in [3.63, 3.8) is 0 Å². The van der Waals surface area contributed by atoms with Gasteiger partial charge in [-0.05, 0) is 37.8 Å². The zero-order valence-electron chi connectivity index (χ0n) is 7.63. The molecule has 1 fully saturated rings. The lowest BCUT2D eigenvalue weighted by Crippen LogP contribution is -2.17. The van der Waals surface area contributed by atoms with Crippen LogP contribution in [0.1, 0.15) is 19.8 Å². The molecule has 0 spiro atoms. The Balaban J connectivity index is 1.96. The first-order valence-corrected chi connectivity index (χ1v) is 5.01. The van der Waals surface area contributed by atoms with Gasteiger partial charge in [0.25, 0.3) is 0 Å². The maximum atomic E-state index is 5.68. The first kappa shape index (κ1) is 8.82. The van der Waals surface area contributed by atoms with Gasteiger partial charge >= 0.3 is 0 Å². The molecular formula is C10H13ClN2. The molecule has 1 heterocycles. The van der Waals surface area contributed by atoms with E-state index in [4.69, 9.17) is 11.6 Å². The fourth-order valence-corrected chi connectivity index (χ4v) is 1.55. The van der Waals surface area contributed by atoms with E-state index in [9.17, 15) is 0 Å². The number of nitrogens with zero attached hydrogens (tertiary/aromatic N) is 1. The highest BCUT2D eigenvalue weighted by Gasteiger charge is 2.27. The van der Waals surface area contributed by atoms with Gasteiger partial charge in [0, 0.05) is 6.04 Å². The number of aromatic nitrogens is 1. The van der Waals surface area contributed by atoms with Gasteiger partial charge in [0.15, 0.2) is 0 Å². The van der Waals surface area contributed by atoms with Crippen molar-refractivity contribution in [2.24, 2.45) is 5.92 Å². The van der Waals surface area contributed by atoms with E-state index in [1.165, 1.54) is 12.8 Å². The first-order chi connectivity index (χ1) is 6.25. The van der Waals surface area contributed by atoms with Crippen LogP contribution in [0.2, 0.25) is 5.15 Å². The largest absolute Gasteiger partial charge is 0.381 e. The van der Waals surface area contributed by atoms with Crippen molar-refractivity contribution in [1.29, 1.82) is 0 Å². The standard InChI is InChI=1S/C10H13ClN2/c1-7(8-2-3-8)13-9-4-5-10(11)12-6-9/h4-8,13H,2-3H2,1H3. The second kappa shape index (κ2) is 3.54. The molecule has 1 aromatic rings. The van der Waals surface area contributed by atoms with Gasteiger partial charge in [0.2, 0.25) is 0 Å². The Kier molecular flexibility index (Phi) is 2.40. The van der Waals surface area contributed by atoms with E-state index >= 15 is 0 Å². The molecule has 0 aromatic carbocycles. The third-order valence-electron chi connectivity index (χ3n) is 2.45. The van der Waals surface area contributed by atoms with Gasteiger partial charge in [-0.2, -0.15) is 0 Å². The average molecular weight is 197 g/mol. The lowest BCUT2D eigenvalue weighted by molar-refractivity contribution is 0.694. The van der Waals surface area contributed by atoms with E-state index in [-0.39, 0.29) is 0 Å². The van der Waals surface area contributed by atoms with Gasteiger partial charge in [-0.15, -0.1) is 0 Å². The molecule has 0 aliphatic heterocycles. The summed E-state index contributed by atoms with van der Waals surface area (Å²) >= 11 is 5.68.